The number of likely N-dealkylation sites (N-methyl/N-ethyl adjacent to an activating group) is 2. The van der Waals surface area contributed by atoms with E-state index >= 15 is 0 Å². The third kappa shape index (κ3) is 2.91. The van der Waals surface area contributed by atoms with Crippen molar-refractivity contribution in [3.05, 3.63) is 0 Å². The lowest BCUT2D eigenvalue weighted by Gasteiger charge is -2.25. The summed E-state index contributed by atoms with van der Waals surface area (Å²) >= 11 is 0. The molecule has 1 N–H and O–H groups in total. The van der Waals surface area contributed by atoms with Gasteiger partial charge < -0.3 is 14.7 Å². The number of aliphatic hydroxyl groups excluding tert-OH is 1. The Morgan fingerprint density at radius 2 is 2.23 bits per heavy atom. The second kappa shape index (κ2) is 4.91. The molecule has 1 aliphatic heterocycles. The van der Waals surface area contributed by atoms with Crippen LogP contribution in [0.5, 0.6) is 0 Å². The van der Waals surface area contributed by atoms with Crippen molar-refractivity contribution in [2.45, 2.75) is 12.1 Å². The average molecular weight is 188 g/mol. The third-order valence-corrected chi connectivity index (χ3v) is 2.66. The molecular weight excluding hydrogens is 168 g/mol. The summed E-state index contributed by atoms with van der Waals surface area (Å²) in [5.41, 5.74) is 0. The minimum absolute atomic E-state index is 0.216. The number of hydrogen-bond acceptors (Lipinski definition) is 4. The van der Waals surface area contributed by atoms with Gasteiger partial charge in [-0.05, 0) is 14.1 Å². The standard InChI is InChI=1S/C9H20N2O2/c1-10-6-8(9(12)7-10)11(2)4-5-13-3/h8-9,12H,4-7H2,1-3H3/t8-,9-/m0/s1. The van der Waals surface area contributed by atoms with Crippen LogP contribution in [0.2, 0.25) is 0 Å². The van der Waals surface area contributed by atoms with E-state index in [4.69, 9.17) is 4.74 Å². The molecule has 0 aliphatic carbocycles. The van der Waals surface area contributed by atoms with E-state index in [1.54, 1.807) is 7.11 Å². The van der Waals surface area contributed by atoms with E-state index in [1.807, 2.05) is 14.1 Å². The fraction of sp³-hybridized carbons (Fsp3) is 1.00. The second-order valence-corrected chi connectivity index (χ2v) is 3.83. The van der Waals surface area contributed by atoms with E-state index in [0.29, 0.717) is 0 Å². The molecule has 0 unspecified atom stereocenters. The molecule has 1 rings (SSSR count). The van der Waals surface area contributed by atoms with Crippen molar-refractivity contribution in [2.75, 3.05) is 47.4 Å². The van der Waals surface area contributed by atoms with Crippen LogP contribution in [0.15, 0.2) is 0 Å². The van der Waals surface area contributed by atoms with Crippen LogP contribution < -0.4 is 0 Å². The fourth-order valence-electron chi connectivity index (χ4n) is 1.79. The maximum absolute atomic E-state index is 9.70. The first-order chi connectivity index (χ1) is 6.15. The Bertz CT molecular complexity index is 155. The molecule has 4 nitrogen and oxygen atoms in total. The molecule has 0 aromatic rings. The van der Waals surface area contributed by atoms with Crippen molar-refractivity contribution < 1.29 is 9.84 Å². The number of β-amino-alcohol motifs (C(OH)–C–C–N with tert-alkyl or cyclic N) is 1. The Morgan fingerprint density at radius 3 is 2.69 bits per heavy atom. The first-order valence-electron chi connectivity index (χ1n) is 4.71. The number of aliphatic hydroxyl groups is 1. The molecule has 0 aromatic heterocycles. The van der Waals surface area contributed by atoms with Crippen molar-refractivity contribution in [2.24, 2.45) is 0 Å². The van der Waals surface area contributed by atoms with Gasteiger partial charge in [-0.25, -0.2) is 0 Å². The number of likely N-dealkylation sites (tertiary alicyclic amines) is 1. The van der Waals surface area contributed by atoms with Crippen molar-refractivity contribution in [1.82, 2.24) is 9.80 Å². The van der Waals surface area contributed by atoms with Gasteiger partial charge in [-0.15, -0.1) is 0 Å². The Balaban J connectivity index is 2.33. The van der Waals surface area contributed by atoms with Gasteiger partial charge in [-0.1, -0.05) is 0 Å². The number of nitrogens with zero attached hydrogens (tertiary/aromatic N) is 2. The molecule has 0 aromatic carbocycles. The predicted octanol–water partition coefficient (Wildman–Crippen LogP) is -0.760. The molecule has 1 saturated heterocycles. The normalized spacial score (nSPS) is 30.2. The summed E-state index contributed by atoms with van der Waals surface area (Å²) in [6.45, 7) is 3.33. The summed E-state index contributed by atoms with van der Waals surface area (Å²) in [4.78, 5) is 4.32. The highest BCUT2D eigenvalue weighted by Crippen LogP contribution is 2.12. The van der Waals surface area contributed by atoms with Crippen LogP contribution in [-0.2, 0) is 4.74 Å². The van der Waals surface area contributed by atoms with E-state index < -0.39 is 0 Å². The van der Waals surface area contributed by atoms with Gasteiger partial charge in [0, 0.05) is 32.8 Å². The summed E-state index contributed by atoms with van der Waals surface area (Å²) in [5.74, 6) is 0. The molecule has 2 atom stereocenters. The number of methoxy groups -OCH3 is 1. The molecule has 0 bridgehead atoms. The first-order valence-corrected chi connectivity index (χ1v) is 4.71. The van der Waals surface area contributed by atoms with Crippen LogP contribution in [0.3, 0.4) is 0 Å². The van der Waals surface area contributed by atoms with Gasteiger partial charge in [-0.2, -0.15) is 0 Å². The highest BCUT2D eigenvalue weighted by molar-refractivity contribution is 4.88. The first kappa shape index (κ1) is 10.9. The summed E-state index contributed by atoms with van der Waals surface area (Å²) in [7, 11) is 5.77. The lowest BCUT2D eigenvalue weighted by molar-refractivity contribution is 0.0781. The Morgan fingerprint density at radius 1 is 1.54 bits per heavy atom. The van der Waals surface area contributed by atoms with Gasteiger partial charge in [0.15, 0.2) is 0 Å². The van der Waals surface area contributed by atoms with Crippen LogP contribution in [0, 0.1) is 0 Å². The lowest BCUT2D eigenvalue weighted by atomic mass is 10.2. The van der Waals surface area contributed by atoms with E-state index in [2.05, 4.69) is 9.80 Å². The fourth-order valence-corrected chi connectivity index (χ4v) is 1.79. The molecule has 0 radical (unpaired) electrons. The van der Waals surface area contributed by atoms with Gasteiger partial charge in [0.1, 0.15) is 0 Å². The highest BCUT2D eigenvalue weighted by Gasteiger charge is 2.31. The molecular formula is C9H20N2O2. The van der Waals surface area contributed by atoms with Gasteiger partial charge in [-0.3, -0.25) is 4.90 Å². The average Bonchev–Trinajstić information content (AvgIpc) is 2.41. The number of hydrogen-bond donors (Lipinski definition) is 1. The summed E-state index contributed by atoms with van der Waals surface area (Å²) < 4.78 is 5.00. The summed E-state index contributed by atoms with van der Waals surface area (Å²) in [6.07, 6.45) is -0.216. The Hall–Kier alpha value is -0.160. The highest BCUT2D eigenvalue weighted by atomic mass is 16.5. The lowest BCUT2D eigenvalue weighted by Crippen LogP contribution is -2.42. The SMILES string of the molecule is COCCN(C)[C@H]1CN(C)C[C@@H]1O. The monoisotopic (exact) mass is 188 g/mol. The molecule has 0 saturated carbocycles. The van der Waals surface area contributed by atoms with Crippen molar-refractivity contribution >= 4 is 0 Å². The second-order valence-electron chi connectivity index (χ2n) is 3.83. The summed E-state index contributed by atoms with van der Waals surface area (Å²) in [6, 6.07) is 0.264. The maximum Gasteiger partial charge on any atom is 0.0834 e. The zero-order valence-electron chi connectivity index (χ0n) is 8.73. The van der Waals surface area contributed by atoms with Crippen LogP contribution in [0.25, 0.3) is 0 Å². The molecule has 0 amide bonds. The molecule has 13 heavy (non-hydrogen) atoms. The predicted molar refractivity (Wildman–Crippen MR) is 51.8 cm³/mol. The minimum atomic E-state index is -0.216. The van der Waals surface area contributed by atoms with Crippen molar-refractivity contribution in [1.29, 1.82) is 0 Å². The zero-order valence-corrected chi connectivity index (χ0v) is 8.73. The van der Waals surface area contributed by atoms with Crippen LogP contribution in [0.4, 0.5) is 0 Å². The molecule has 1 heterocycles. The maximum atomic E-state index is 9.70. The molecule has 1 fully saturated rings. The minimum Gasteiger partial charge on any atom is -0.390 e. The summed E-state index contributed by atoms with van der Waals surface area (Å²) in [5, 5.41) is 9.70. The quantitative estimate of drug-likeness (QED) is 0.629. The molecule has 4 heteroatoms. The molecule has 0 spiro atoms. The Labute approximate surface area is 80.1 Å². The third-order valence-electron chi connectivity index (χ3n) is 2.66. The van der Waals surface area contributed by atoms with Crippen LogP contribution in [0.1, 0.15) is 0 Å². The smallest absolute Gasteiger partial charge is 0.0834 e. The van der Waals surface area contributed by atoms with E-state index in [9.17, 15) is 5.11 Å². The topological polar surface area (TPSA) is 35.9 Å². The van der Waals surface area contributed by atoms with E-state index in [0.717, 1.165) is 26.2 Å². The largest absolute Gasteiger partial charge is 0.390 e. The van der Waals surface area contributed by atoms with E-state index in [-0.39, 0.29) is 12.1 Å². The van der Waals surface area contributed by atoms with Gasteiger partial charge in [0.05, 0.1) is 12.7 Å². The van der Waals surface area contributed by atoms with Crippen molar-refractivity contribution in [3.63, 3.8) is 0 Å². The Kier molecular flexibility index (Phi) is 4.12. The van der Waals surface area contributed by atoms with Gasteiger partial charge in [0.25, 0.3) is 0 Å². The zero-order chi connectivity index (χ0) is 9.84. The van der Waals surface area contributed by atoms with Crippen LogP contribution in [-0.4, -0.2) is 74.5 Å². The van der Waals surface area contributed by atoms with Crippen molar-refractivity contribution in [3.8, 4) is 0 Å². The number of ether oxygens (including phenoxy) is 1. The van der Waals surface area contributed by atoms with E-state index in [1.165, 1.54) is 0 Å². The van der Waals surface area contributed by atoms with Gasteiger partial charge in [0.2, 0.25) is 0 Å². The van der Waals surface area contributed by atoms with Gasteiger partial charge >= 0.3 is 0 Å². The molecule has 1 aliphatic rings. The number of rotatable bonds is 4. The van der Waals surface area contributed by atoms with Crippen LogP contribution >= 0.6 is 0 Å². The molecule has 78 valence electrons.